The van der Waals surface area contributed by atoms with Gasteiger partial charge in [-0.2, -0.15) is 25.3 Å². The first-order valence-electron chi connectivity index (χ1n) is 4.54. The van der Waals surface area contributed by atoms with Gasteiger partial charge in [0.2, 0.25) is 0 Å². The summed E-state index contributed by atoms with van der Waals surface area (Å²) in [6, 6.07) is 0. The molecule has 0 heterocycles. The minimum Gasteiger partial charge on any atom is -0.466 e. The van der Waals surface area contributed by atoms with Crippen molar-refractivity contribution in [1.82, 2.24) is 0 Å². The molecule has 0 saturated carbocycles. The molecule has 0 radical (unpaired) electrons. The van der Waals surface area contributed by atoms with Crippen LogP contribution in [-0.2, 0) is 9.53 Å². The molecule has 4 heteroatoms. The lowest BCUT2D eigenvalue weighted by atomic mass is 10.00. The number of carbonyl (C=O) groups is 1. The van der Waals surface area contributed by atoms with Gasteiger partial charge in [-0.3, -0.25) is 4.79 Å². The van der Waals surface area contributed by atoms with E-state index in [1.807, 2.05) is 13.8 Å². The molecular weight excluding hydrogens is 204 g/mol. The first-order chi connectivity index (χ1) is 5.93. The summed E-state index contributed by atoms with van der Waals surface area (Å²) in [5, 5.41) is 0. The van der Waals surface area contributed by atoms with Crippen molar-refractivity contribution in [2.24, 2.45) is 5.92 Å². The van der Waals surface area contributed by atoms with Crippen LogP contribution in [0, 0.1) is 5.92 Å². The Kier molecular flexibility index (Phi) is 5.88. The van der Waals surface area contributed by atoms with E-state index in [-0.39, 0.29) is 11.9 Å². The molecule has 0 aromatic heterocycles. The number of esters is 1. The van der Waals surface area contributed by atoms with Crippen molar-refractivity contribution in [1.29, 1.82) is 0 Å². The molecule has 78 valence electrons. The Morgan fingerprint density at radius 2 is 2.00 bits per heavy atom. The molecule has 0 fully saturated rings. The van der Waals surface area contributed by atoms with E-state index in [4.69, 9.17) is 4.74 Å². The van der Waals surface area contributed by atoms with Gasteiger partial charge in [0.05, 0.1) is 16.6 Å². The van der Waals surface area contributed by atoms with Crippen molar-refractivity contribution in [3.63, 3.8) is 0 Å². The number of rotatable bonds is 5. The maximum atomic E-state index is 11.5. The maximum absolute atomic E-state index is 11.5. The van der Waals surface area contributed by atoms with Crippen molar-refractivity contribution in [2.45, 2.75) is 37.7 Å². The van der Waals surface area contributed by atoms with E-state index in [2.05, 4.69) is 25.3 Å². The maximum Gasteiger partial charge on any atom is 0.311 e. The zero-order valence-corrected chi connectivity index (χ0v) is 10.2. The van der Waals surface area contributed by atoms with Crippen LogP contribution in [-0.4, -0.2) is 16.7 Å². The highest BCUT2D eigenvalue weighted by molar-refractivity contribution is 8.00. The Hall–Kier alpha value is 0.170. The normalized spacial score (nSPS) is 13.9. The molecule has 0 saturated heterocycles. The SMILES string of the molecule is CCCC(C(=O)OCC)C(C)(S)S. The zero-order valence-electron chi connectivity index (χ0n) is 8.41. The highest BCUT2D eigenvalue weighted by atomic mass is 32.2. The second kappa shape index (κ2) is 5.81. The fraction of sp³-hybridized carbons (Fsp3) is 0.889. The zero-order chi connectivity index (χ0) is 10.5. The third-order valence-electron chi connectivity index (χ3n) is 1.81. The van der Waals surface area contributed by atoms with Gasteiger partial charge in [0.1, 0.15) is 0 Å². The van der Waals surface area contributed by atoms with Crippen LogP contribution in [0.2, 0.25) is 0 Å². The standard InChI is InChI=1S/C9H18O2S2/c1-4-6-7(9(3,12)13)8(10)11-5-2/h7,12-13H,4-6H2,1-3H3. The quantitative estimate of drug-likeness (QED) is 0.425. The Labute approximate surface area is 91.2 Å². The van der Waals surface area contributed by atoms with Crippen molar-refractivity contribution in [3.8, 4) is 0 Å². The van der Waals surface area contributed by atoms with Gasteiger partial charge in [-0.25, -0.2) is 0 Å². The van der Waals surface area contributed by atoms with E-state index >= 15 is 0 Å². The number of ether oxygens (including phenoxy) is 1. The van der Waals surface area contributed by atoms with Gasteiger partial charge < -0.3 is 4.74 Å². The average Bonchev–Trinajstić information content (AvgIpc) is 1.98. The van der Waals surface area contributed by atoms with E-state index < -0.39 is 4.08 Å². The third kappa shape index (κ3) is 4.81. The van der Waals surface area contributed by atoms with Crippen LogP contribution in [0.4, 0.5) is 0 Å². The molecule has 0 N–H and O–H groups in total. The highest BCUT2D eigenvalue weighted by Crippen LogP contribution is 2.32. The summed E-state index contributed by atoms with van der Waals surface area (Å²) in [5.74, 6) is -0.430. The van der Waals surface area contributed by atoms with E-state index in [0.29, 0.717) is 6.61 Å². The molecule has 0 bridgehead atoms. The summed E-state index contributed by atoms with van der Waals surface area (Å²) in [6.45, 7) is 6.06. The molecule has 1 atom stereocenters. The average molecular weight is 222 g/mol. The lowest BCUT2D eigenvalue weighted by molar-refractivity contribution is -0.148. The first-order valence-corrected chi connectivity index (χ1v) is 5.44. The van der Waals surface area contributed by atoms with Crippen LogP contribution < -0.4 is 0 Å². The van der Waals surface area contributed by atoms with Crippen molar-refractivity contribution in [2.75, 3.05) is 6.61 Å². The van der Waals surface area contributed by atoms with Crippen molar-refractivity contribution < 1.29 is 9.53 Å². The fourth-order valence-corrected chi connectivity index (χ4v) is 1.62. The third-order valence-corrected chi connectivity index (χ3v) is 2.43. The Balaban J connectivity index is 4.33. The summed E-state index contributed by atoms with van der Waals surface area (Å²) in [6.07, 6.45) is 1.70. The molecule has 0 aromatic rings. The Morgan fingerprint density at radius 1 is 1.46 bits per heavy atom. The van der Waals surface area contributed by atoms with Gasteiger partial charge in [0.25, 0.3) is 0 Å². The van der Waals surface area contributed by atoms with E-state index in [0.717, 1.165) is 12.8 Å². The van der Waals surface area contributed by atoms with Gasteiger partial charge in [-0.05, 0) is 20.3 Å². The van der Waals surface area contributed by atoms with Crippen LogP contribution >= 0.6 is 25.3 Å². The Morgan fingerprint density at radius 3 is 2.31 bits per heavy atom. The van der Waals surface area contributed by atoms with Crippen molar-refractivity contribution in [3.05, 3.63) is 0 Å². The van der Waals surface area contributed by atoms with Gasteiger partial charge in [-0.1, -0.05) is 13.3 Å². The Bertz CT molecular complexity index is 163. The lowest BCUT2D eigenvalue weighted by Crippen LogP contribution is -2.31. The molecule has 0 rings (SSSR count). The number of carbonyl (C=O) groups excluding carboxylic acids is 1. The molecule has 0 amide bonds. The minimum atomic E-state index is -0.595. The summed E-state index contributed by atoms with van der Waals surface area (Å²) >= 11 is 8.56. The van der Waals surface area contributed by atoms with Crippen LogP contribution in [0.5, 0.6) is 0 Å². The van der Waals surface area contributed by atoms with Crippen LogP contribution in [0.1, 0.15) is 33.6 Å². The minimum absolute atomic E-state index is 0.197. The molecule has 1 unspecified atom stereocenters. The van der Waals surface area contributed by atoms with Gasteiger partial charge >= 0.3 is 5.97 Å². The number of hydrogen-bond donors (Lipinski definition) is 2. The molecule has 0 aliphatic rings. The fourth-order valence-electron chi connectivity index (χ4n) is 1.15. The number of hydrogen-bond acceptors (Lipinski definition) is 4. The van der Waals surface area contributed by atoms with Crippen LogP contribution in [0.25, 0.3) is 0 Å². The predicted molar refractivity (Wildman–Crippen MR) is 61.4 cm³/mol. The molecule has 2 nitrogen and oxygen atoms in total. The predicted octanol–water partition coefficient (Wildman–Crippen LogP) is 2.54. The van der Waals surface area contributed by atoms with Gasteiger partial charge in [0, 0.05) is 0 Å². The topological polar surface area (TPSA) is 26.3 Å². The van der Waals surface area contributed by atoms with E-state index in [1.54, 1.807) is 6.92 Å². The molecule has 0 spiro atoms. The number of thiol groups is 2. The summed E-state index contributed by atoms with van der Waals surface area (Å²) in [5.41, 5.74) is 0. The molecule has 0 aliphatic heterocycles. The second-order valence-corrected chi connectivity index (χ2v) is 5.40. The summed E-state index contributed by atoms with van der Waals surface area (Å²) in [7, 11) is 0. The monoisotopic (exact) mass is 222 g/mol. The van der Waals surface area contributed by atoms with Crippen LogP contribution in [0.15, 0.2) is 0 Å². The van der Waals surface area contributed by atoms with Gasteiger partial charge in [-0.15, -0.1) is 0 Å². The molecule has 0 aliphatic carbocycles. The largest absolute Gasteiger partial charge is 0.466 e. The van der Waals surface area contributed by atoms with Gasteiger partial charge in [0.15, 0.2) is 0 Å². The molecular formula is C9H18O2S2. The second-order valence-electron chi connectivity index (χ2n) is 3.19. The summed E-state index contributed by atoms with van der Waals surface area (Å²) < 4.78 is 4.35. The van der Waals surface area contributed by atoms with Crippen molar-refractivity contribution >= 4 is 31.2 Å². The molecule has 13 heavy (non-hydrogen) atoms. The lowest BCUT2D eigenvalue weighted by Gasteiger charge is -2.26. The van der Waals surface area contributed by atoms with E-state index in [9.17, 15) is 4.79 Å². The van der Waals surface area contributed by atoms with Crippen LogP contribution in [0.3, 0.4) is 0 Å². The molecule has 0 aromatic carbocycles. The van der Waals surface area contributed by atoms with E-state index in [1.165, 1.54) is 0 Å². The first kappa shape index (κ1) is 13.2. The summed E-state index contributed by atoms with van der Waals surface area (Å²) in [4.78, 5) is 11.5. The highest BCUT2D eigenvalue weighted by Gasteiger charge is 2.33. The smallest absolute Gasteiger partial charge is 0.311 e.